The van der Waals surface area contributed by atoms with Gasteiger partial charge in [-0.1, -0.05) is 53.5 Å². The van der Waals surface area contributed by atoms with Crippen LogP contribution < -0.4 is 20.3 Å². The first kappa shape index (κ1) is 26.2. The summed E-state index contributed by atoms with van der Waals surface area (Å²) in [6.07, 6.45) is 0.175. The van der Waals surface area contributed by atoms with E-state index in [1.807, 2.05) is 35.2 Å². The molecule has 0 bridgehead atoms. The number of halogens is 2. The van der Waals surface area contributed by atoms with Crippen molar-refractivity contribution in [3.05, 3.63) is 86.4 Å². The van der Waals surface area contributed by atoms with Crippen LogP contribution in [0.25, 0.3) is 11.1 Å². The van der Waals surface area contributed by atoms with Crippen LogP contribution in [0.15, 0.2) is 60.7 Å². The number of hydrogen-bond donors (Lipinski definition) is 2. The Morgan fingerprint density at radius 1 is 0.973 bits per heavy atom. The molecule has 11 heteroatoms. The summed E-state index contributed by atoms with van der Waals surface area (Å²) in [6.45, 7) is 1.71. The molecule has 2 N–H and O–H groups in total. The molecule has 3 aromatic carbocycles. The molecule has 2 amide bonds. The lowest BCUT2D eigenvalue weighted by Crippen LogP contribution is -2.38. The summed E-state index contributed by atoms with van der Waals surface area (Å²) in [4.78, 5) is 37.5. The largest absolute Gasteiger partial charge is 0.490 e. The quantitative estimate of drug-likeness (QED) is 0.230. The number of rotatable bonds is 9. The predicted molar refractivity (Wildman–Crippen MR) is 143 cm³/mol. The number of nitro groups is 1. The first-order valence-electron chi connectivity index (χ1n) is 11.6. The van der Waals surface area contributed by atoms with Crippen LogP contribution in [0.2, 0.25) is 10.0 Å². The molecule has 1 heterocycles. The van der Waals surface area contributed by atoms with Gasteiger partial charge >= 0.3 is 0 Å². The second-order valence-corrected chi connectivity index (χ2v) is 9.10. The van der Waals surface area contributed by atoms with E-state index < -0.39 is 10.8 Å². The zero-order chi connectivity index (χ0) is 26.4. The number of benzene rings is 3. The highest BCUT2D eigenvalue weighted by atomic mass is 35.5. The maximum absolute atomic E-state index is 12.6. The Morgan fingerprint density at radius 3 is 2.38 bits per heavy atom. The normalized spacial score (nSPS) is 12.3. The van der Waals surface area contributed by atoms with E-state index in [4.69, 9.17) is 27.9 Å². The third-order valence-electron chi connectivity index (χ3n) is 5.83. The van der Waals surface area contributed by atoms with Gasteiger partial charge in [0.1, 0.15) is 12.4 Å². The first-order valence-corrected chi connectivity index (χ1v) is 12.3. The van der Waals surface area contributed by atoms with Crippen molar-refractivity contribution < 1.29 is 19.2 Å². The summed E-state index contributed by atoms with van der Waals surface area (Å²) in [6, 6.07) is 17.3. The SMILES string of the molecule is O=C(CCN1CCOc2ccc([N+](=O)[O-])cc21)NCCNC(=O)c1c(Cl)cc(-c2ccccc2)cc1Cl. The topological polar surface area (TPSA) is 114 Å². The molecule has 9 nitrogen and oxygen atoms in total. The van der Waals surface area contributed by atoms with Crippen molar-refractivity contribution in [1.29, 1.82) is 0 Å². The Morgan fingerprint density at radius 2 is 1.68 bits per heavy atom. The number of fused-ring (bicyclic) bond motifs is 1. The molecule has 1 aliphatic heterocycles. The van der Waals surface area contributed by atoms with Crippen LogP contribution in [-0.4, -0.2) is 49.5 Å². The van der Waals surface area contributed by atoms with E-state index in [1.165, 1.54) is 12.1 Å². The van der Waals surface area contributed by atoms with Crippen molar-refractivity contribution >= 4 is 46.4 Å². The van der Waals surface area contributed by atoms with Crippen LogP contribution in [0.4, 0.5) is 11.4 Å². The van der Waals surface area contributed by atoms with Crippen LogP contribution in [0.5, 0.6) is 5.75 Å². The highest BCUT2D eigenvalue weighted by Crippen LogP contribution is 2.35. The van der Waals surface area contributed by atoms with Crippen molar-refractivity contribution in [3.63, 3.8) is 0 Å². The molecule has 0 aromatic heterocycles. The van der Waals surface area contributed by atoms with Gasteiger partial charge in [0.2, 0.25) is 5.91 Å². The van der Waals surface area contributed by atoms with E-state index in [0.717, 1.165) is 11.1 Å². The van der Waals surface area contributed by atoms with Crippen LogP contribution >= 0.6 is 23.2 Å². The molecule has 3 aromatic rings. The van der Waals surface area contributed by atoms with Crippen LogP contribution in [0.1, 0.15) is 16.8 Å². The highest BCUT2D eigenvalue weighted by molar-refractivity contribution is 6.40. The van der Waals surface area contributed by atoms with E-state index in [1.54, 1.807) is 18.2 Å². The number of carbonyl (C=O) groups excluding carboxylic acids is 2. The van der Waals surface area contributed by atoms with Crippen molar-refractivity contribution in [2.45, 2.75) is 6.42 Å². The Hall–Kier alpha value is -3.82. The van der Waals surface area contributed by atoms with E-state index in [9.17, 15) is 19.7 Å². The van der Waals surface area contributed by atoms with E-state index in [2.05, 4.69) is 10.6 Å². The van der Waals surface area contributed by atoms with Crippen molar-refractivity contribution in [2.24, 2.45) is 0 Å². The summed E-state index contributed by atoms with van der Waals surface area (Å²) < 4.78 is 5.56. The molecule has 1 aliphatic rings. The maximum atomic E-state index is 12.6. The van der Waals surface area contributed by atoms with Crippen LogP contribution in [-0.2, 0) is 4.79 Å². The lowest BCUT2D eigenvalue weighted by atomic mass is 10.0. The molecule has 0 saturated carbocycles. The molecule has 0 aliphatic carbocycles. The Balaban J connectivity index is 1.25. The molecule has 0 saturated heterocycles. The zero-order valence-electron chi connectivity index (χ0n) is 19.7. The average Bonchev–Trinajstić information content (AvgIpc) is 2.89. The van der Waals surface area contributed by atoms with Gasteiger partial charge in [0.05, 0.1) is 32.8 Å². The number of amides is 2. The lowest BCUT2D eigenvalue weighted by Gasteiger charge is -2.30. The van der Waals surface area contributed by atoms with Crippen molar-refractivity contribution in [2.75, 3.05) is 37.7 Å². The first-order chi connectivity index (χ1) is 17.8. The maximum Gasteiger partial charge on any atom is 0.271 e. The summed E-state index contributed by atoms with van der Waals surface area (Å²) in [7, 11) is 0. The Labute approximate surface area is 223 Å². The Kier molecular flexibility index (Phi) is 8.47. The summed E-state index contributed by atoms with van der Waals surface area (Å²) in [5.41, 5.74) is 2.46. The molecule has 0 atom stereocenters. The van der Waals surface area contributed by atoms with E-state index in [0.29, 0.717) is 31.1 Å². The number of anilines is 1. The summed E-state index contributed by atoms with van der Waals surface area (Å²) in [5, 5.41) is 17.0. The fraction of sp³-hybridized carbons (Fsp3) is 0.231. The van der Waals surface area contributed by atoms with Crippen LogP contribution in [0, 0.1) is 10.1 Å². The van der Waals surface area contributed by atoms with Gasteiger partial charge < -0.3 is 20.3 Å². The smallest absolute Gasteiger partial charge is 0.271 e. The minimum atomic E-state index is -0.466. The Bertz CT molecular complexity index is 1300. The number of ether oxygens (including phenoxy) is 1. The fourth-order valence-electron chi connectivity index (χ4n) is 3.99. The minimum Gasteiger partial charge on any atom is -0.490 e. The lowest BCUT2D eigenvalue weighted by molar-refractivity contribution is -0.384. The minimum absolute atomic E-state index is 0.0376. The fourth-order valence-corrected chi connectivity index (χ4v) is 4.64. The molecule has 0 spiro atoms. The molecule has 0 unspecified atom stereocenters. The monoisotopic (exact) mass is 542 g/mol. The van der Waals surface area contributed by atoms with Gasteiger partial charge in [-0.05, 0) is 29.3 Å². The van der Waals surface area contributed by atoms with Gasteiger partial charge in [0.25, 0.3) is 11.6 Å². The van der Waals surface area contributed by atoms with E-state index in [-0.39, 0.29) is 46.7 Å². The standard InChI is InChI=1S/C26H24Cl2N4O5/c27-20-14-18(17-4-2-1-3-5-17)15-21(28)25(20)26(34)30-10-9-29-24(33)8-11-31-12-13-37-23-7-6-19(32(35)36)16-22(23)31/h1-7,14-16H,8-13H2,(H,29,33)(H,30,34). The number of nitrogens with zero attached hydrogens (tertiary/aromatic N) is 2. The van der Waals surface area contributed by atoms with Gasteiger partial charge in [0.15, 0.2) is 0 Å². The molecular formula is C26H24Cl2N4O5. The van der Waals surface area contributed by atoms with Crippen molar-refractivity contribution in [1.82, 2.24) is 10.6 Å². The molecular weight excluding hydrogens is 519 g/mol. The molecule has 192 valence electrons. The highest BCUT2D eigenvalue weighted by Gasteiger charge is 2.22. The van der Waals surface area contributed by atoms with Gasteiger partial charge in [-0.2, -0.15) is 0 Å². The second-order valence-electron chi connectivity index (χ2n) is 8.28. The number of nitrogens with one attached hydrogen (secondary N) is 2. The van der Waals surface area contributed by atoms with Gasteiger partial charge in [-0.15, -0.1) is 0 Å². The van der Waals surface area contributed by atoms with Gasteiger partial charge in [-0.25, -0.2) is 0 Å². The number of non-ortho nitro benzene ring substituents is 1. The number of nitro benzene ring substituents is 1. The number of carbonyl (C=O) groups is 2. The van der Waals surface area contributed by atoms with Gasteiger partial charge in [0, 0.05) is 38.2 Å². The zero-order valence-corrected chi connectivity index (χ0v) is 21.2. The molecule has 4 rings (SSSR count). The average molecular weight is 543 g/mol. The third-order valence-corrected chi connectivity index (χ3v) is 6.43. The predicted octanol–water partition coefficient (Wildman–Crippen LogP) is 4.70. The second kappa shape index (κ2) is 11.9. The molecule has 0 fully saturated rings. The summed E-state index contributed by atoms with van der Waals surface area (Å²) in [5.74, 6) is -0.0968. The van der Waals surface area contributed by atoms with Gasteiger partial charge in [-0.3, -0.25) is 19.7 Å². The summed E-state index contributed by atoms with van der Waals surface area (Å²) >= 11 is 12.7. The third kappa shape index (κ3) is 6.49. The van der Waals surface area contributed by atoms with Crippen LogP contribution in [0.3, 0.4) is 0 Å². The molecule has 0 radical (unpaired) electrons. The molecule has 37 heavy (non-hydrogen) atoms. The number of hydrogen-bond acceptors (Lipinski definition) is 6. The van der Waals surface area contributed by atoms with E-state index >= 15 is 0 Å². The van der Waals surface area contributed by atoms with Crippen molar-refractivity contribution in [3.8, 4) is 16.9 Å².